The number of nitrogens with one attached hydrogen (secondary N) is 1. The largest absolute Gasteiger partial charge is 0.417 e. The molecule has 0 aliphatic carbocycles. The van der Waals surface area contributed by atoms with Crippen LogP contribution >= 0.6 is 0 Å². The van der Waals surface area contributed by atoms with Crippen LogP contribution < -0.4 is 5.32 Å². The van der Waals surface area contributed by atoms with Gasteiger partial charge in [0.05, 0.1) is 11.1 Å². The van der Waals surface area contributed by atoms with Crippen molar-refractivity contribution in [1.29, 1.82) is 0 Å². The molecule has 22 heavy (non-hydrogen) atoms. The van der Waals surface area contributed by atoms with Gasteiger partial charge in [-0.3, -0.25) is 4.79 Å². The first kappa shape index (κ1) is 20.0. The van der Waals surface area contributed by atoms with Crippen molar-refractivity contribution in [3.8, 4) is 0 Å². The van der Waals surface area contributed by atoms with Gasteiger partial charge >= 0.3 is 6.18 Å². The molecule has 0 fully saturated rings. The van der Waals surface area contributed by atoms with E-state index in [1.165, 1.54) is 25.1 Å². The minimum Gasteiger partial charge on any atom is -0.322 e. The Balaban J connectivity index is 0.00000211. The Kier molecular flexibility index (Phi) is 8.23. The third-order valence-corrected chi connectivity index (χ3v) is 2.71. The summed E-state index contributed by atoms with van der Waals surface area (Å²) < 4.78 is 38.8. The third kappa shape index (κ3) is 5.39. The molecule has 0 aromatic heterocycles. The summed E-state index contributed by atoms with van der Waals surface area (Å²) in [6.07, 6.45) is -0.855. The lowest BCUT2D eigenvalue weighted by Crippen LogP contribution is -2.26. The molecule has 2 nitrogen and oxygen atoms in total. The molecular weight excluding hydrogens is 291 g/mol. The summed E-state index contributed by atoms with van der Waals surface area (Å²) in [5.41, 5.74) is -0.620. The summed E-state index contributed by atoms with van der Waals surface area (Å²) in [6.45, 7) is 10.8. The fourth-order valence-electron chi connectivity index (χ4n) is 1.80. The minimum absolute atomic E-state index is 0.275. The predicted octanol–water partition coefficient (Wildman–Crippen LogP) is 5.25. The van der Waals surface area contributed by atoms with Gasteiger partial charge in [0, 0.05) is 5.70 Å². The first-order valence-electron chi connectivity index (χ1n) is 7.12. The summed E-state index contributed by atoms with van der Waals surface area (Å²) >= 11 is 0. The maximum absolute atomic E-state index is 12.9. The smallest absolute Gasteiger partial charge is 0.322 e. The van der Waals surface area contributed by atoms with Gasteiger partial charge in [0.15, 0.2) is 0 Å². The molecule has 1 aromatic carbocycles. The molecule has 0 radical (unpaired) electrons. The summed E-state index contributed by atoms with van der Waals surface area (Å²) in [4.78, 5) is 12.1. The number of alkyl halides is 3. The van der Waals surface area contributed by atoms with Crippen molar-refractivity contribution < 1.29 is 18.0 Å². The second-order valence-electron chi connectivity index (χ2n) is 4.22. The second kappa shape index (κ2) is 9.07. The first-order chi connectivity index (χ1) is 10.3. The van der Waals surface area contributed by atoms with Crippen LogP contribution in [0.2, 0.25) is 0 Å². The van der Waals surface area contributed by atoms with Crippen molar-refractivity contribution in [1.82, 2.24) is 5.32 Å². The lowest BCUT2D eigenvalue weighted by Gasteiger charge is -2.15. The fraction of sp³-hybridized carbons (Fsp3) is 0.353. The van der Waals surface area contributed by atoms with E-state index in [1.807, 2.05) is 20.8 Å². The average Bonchev–Trinajstić information content (AvgIpc) is 2.47. The SMILES string of the molecule is C=C/C(=C\CC)NC(=O)c1c(C)cccc1C(F)(F)F.CC. The number of allylic oxidation sites excluding steroid dienone is 2. The molecule has 0 saturated heterocycles. The molecule has 122 valence electrons. The molecule has 0 unspecified atom stereocenters. The summed E-state index contributed by atoms with van der Waals surface area (Å²) in [5.74, 6) is -0.782. The van der Waals surface area contributed by atoms with Crippen LogP contribution in [-0.4, -0.2) is 5.91 Å². The molecule has 1 rings (SSSR count). The Hall–Kier alpha value is -2.04. The highest BCUT2D eigenvalue weighted by Gasteiger charge is 2.35. The third-order valence-electron chi connectivity index (χ3n) is 2.71. The van der Waals surface area contributed by atoms with Crippen LogP contribution in [-0.2, 0) is 6.18 Å². The molecule has 1 amide bonds. The van der Waals surface area contributed by atoms with E-state index in [9.17, 15) is 18.0 Å². The highest BCUT2D eigenvalue weighted by molar-refractivity contribution is 5.98. The van der Waals surface area contributed by atoms with Gasteiger partial charge in [-0.1, -0.05) is 45.6 Å². The Morgan fingerprint density at radius 1 is 1.32 bits per heavy atom. The highest BCUT2D eigenvalue weighted by atomic mass is 19.4. The number of rotatable bonds is 4. The second-order valence-corrected chi connectivity index (χ2v) is 4.22. The van der Waals surface area contributed by atoms with Gasteiger partial charge in [0.1, 0.15) is 0 Å². The van der Waals surface area contributed by atoms with Gasteiger partial charge < -0.3 is 5.32 Å². The Bertz CT molecular complexity index is 545. The lowest BCUT2D eigenvalue weighted by molar-refractivity contribution is -0.138. The maximum Gasteiger partial charge on any atom is 0.417 e. The molecule has 0 spiro atoms. The van der Waals surface area contributed by atoms with E-state index in [0.717, 1.165) is 6.07 Å². The minimum atomic E-state index is -4.57. The first-order valence-corrected chi connectivity index (χ1v) is 7.12. The van der Waals surface area contributed by atoms with Crippen LogP contribution in [0.15, 0.2) is 42.6 Å². The standard InChI is InChI=1S/C15H16F3NO.C2H6/c1-4-7-11(5-2)19-14(20)13-10(3)8-6-9-12(13)15(16,17)18;1-2/h5-9H,2,4H2,1,3H3,(H,19,20);1-2H3/b11-7+;. The fourth-order valence-corrected chi connectivity index (χ4v) is 1.80. The predicted molar refractivity (Wildman–Crippen MR) is 83.6 cm³/mol. The number of aryl methyl sites for hydroxylation is 1. The van der Waals surface area contributed by atoms with Gasteiger partial charge in [0.25, 0.3) is 5.91 Å². The molecule has 0 aliphatic heterocycles. The number of amides is 1. The quantitative estimate of drug-likeness (QED) is 0.756. The number of carbonyl (C=O) groups is 1. The topological polar surface area (TPSA) is 29.1 Å². The van der Waals surface area contributed by atoms with Crippen molar-refractivity contribution in [3.63, 3.8) is 0 Å². The van der Waals surface area contributed by atoms with Crippen molar-refractivity contribution in [2.24, 2.45) is 0 Å². The van der Waals surface area contributed by atoms with E-state index in [1.54, 1.807) is 6.08 Å². The van der Waals surface area contributed by atoms with Crippen molar-refractivity contribution >= 4 is 5.91 Å². The highest BCUT2D eigenvalue weighted by Crippen LogP contribution is 2.33. The zero-order chi connectivity index (χ0) is 17.3. The molecule has 5 heteroatoms. The van der Waals surface area contributed by atoms with Gasteiger partial charge in [-0.25, -0.2) is 0 Å². The van der Waals surface area contributed by atoms with E-state index in [2.05, 4.69) is 11.9 Å². The van der Waals surface area contributed by atoms with Gasteiger partial charge in [-0.05, 0) is 31.1 Å². The van der Waals surface area contributed by atoms with E-state index >= 15 is 0 Å². The summed E-state index contributed by atoms with van der Waals surface area (Å²) in [6, 6.07) is 3.66. The van der Waals surface area contributed by atoms with Crippen molar-refractivity contribution in [2.75, 3.05) is 0 Å². The number of hydrogen-bond donors (Lipinski definition) is 1. The molecule has 1 aromatic rings. The van der Waals surface area contributed by atoms with Gasteiger partial charge in [-0.15, -0.1) is 0 Å². The van der Waals surface area contributed by atoms with Gasteiger partial charge in [0.2, 0.25) is 0 Å². The van der Waals surface area contributed by atoms with Crippen molar-refractivity contribution in [2.45, 2.75) is 40.3 Å². The zero-order valence-corrected chi connectivity index (χ0v) is 13.3. The molecular formula is C17H22F3NO. The average molecular weight is 313 g/mol. The monoisotopic (exact) mass is 313 g/mol. The zero-order valence-electron chi connectivity index (χ0n) is 13.3. The Labute approximate surface area is 129 Å². The van der Waals surface area contributed by atoms with E-state index in [0.29, 0.717) is 12.1 Å². The van der Waals surface area contributed by atoms with Crippen LogP contribution in [0.3, 0.4) is 0 Å². The molecule has 0 heterocycles. The molecule has 0 atom stereocenters. The van der Waals surface area contributed by atoms with Crippen LogP contribution in [0.1, 0.15) is 48.7 Å². The number of halogens is 3. The number of hydrogen-bond acceptors (Lipinski definition) is 1. The molecule has 0 aliphatic rings. The molecule has 0 bridgehead atoms. The van der Waals surface area contributed by atoms with Crippen LogP contribution in [0, 0.1) is 6.92 Å². The molecule has 0 saturated carbocycles. The van der Waals surface area contributed by atoms with Crippen LogP contribution in [0.5, 0.6) is 0 Å². The van der Waals surface area contributed by atoms with Crippen LogP contribution in [0.4, 0.5) is 13.2 Å². The summed E-state index contributed by atoms with van der Waals surface area (Å²) in [5, 5.41) is 2.44. The van der Waals surface area contributed by atoms with E-state index in [4.69, 9.17) is 0 Å². The van der Waals surface area contributed by atoms with Crippen LogP contribution in [0.25, 0.3) is 0 Å². The molecule has 1 N–H and O–H groups in total. The van der Waals surface area contributed by atoms with Crippen molar-refractivity contribution in [3.05, 3.63) is 59.3 Å². The van der Waals surface area contributed by atoms with E-state index in [-0.39, 0.29) is 11.1 Å². The number of carbonyl (C=O) groups excluding carboxylic acids is 1. The lowest BCUT2D eigenvalue weighted by atomic mass is 10.0. The number of benzene rings is 1. The van der Waals surface area contributed by atoms with Gasteiger partial charge in [-0.2, -0.15) is 13.2 Å². The Morgan fingerprint density at radius 3 is 2.36 bits per heavy atom. The Morgan fingerprint density at radius 2 is 1.91 bits per heavy atom. The van der Waals surface area contributed by atoms with E-state index < -0.39 is 17.6 Å². The maximum atomic E-state index is 12.9. The normalized spacial score (nSPS) is 11.3. The summed E-state index contributed by atoms with van der Waals surface area (Å²) in [7, 11) is 0.